The van der Waals surface area contributed by atoms with Crippen LogP contribution in [0, 0.1) is 6.92 Å². The molecule has 8 heteroatoms. The molecule has 140 valence electrons. The number of β-amino-alcohol motifs (C(OH)–C–C–N with tert-alkyl or cyclic N) is 1. The van der Waals surface area contributed by atoms with Gasteiger partial charge in [0.2, 0.25) is 0 Å². The molecule has 27 heavy (non-hydrogen) atoms. The maximum Gasteiger partial charge on any atom is 0.277 e. The fraction of sp³-hybridized carbons (Fsp3) is 0.211. The standard InChI is InChI=1S/C19H19N3O5/c1-12-9-13(18(25)20-11-14-3-2-8-27-14)4-5-15(12)21-16-10-17(24)22(6-7-23)19(16)26/h2-5,8-10,21,23H,6-7,11H2,1H3,(H,20,25). The van der Waals surface area contributed by atoms with Crippen molar-refractivity contribution in [2.45, 2.75) is 13.5 Å². The summed E-state index contributed by atoms with van der Waals surface area (Å²) in [7, 11) is 0. The minimum absolute atomic E-state index is 0.0485. The predicted octanol–water partition coefficient (Wildman–Crippen LogP) is 1.17. The van der Waals surface area contributed by atoms with E-state index in [0.717, 1.165) is 10.5 Å². The highest BCUT2D eigenvalue weighted by Crippen LogP contribution is 2.21. The van der Waals surface area contributed by atoms with Gasteiger partial charge in [0, 0.05) is 17.3 Å². The van der Waals surface area contributed by atoms with Gasteiger partial charge in [-0.2, -0.15) is 0 Å². The number of anilines is 1. The van der Waals surface area contributed by atoms with Gasteiger partial charge in [0.1, 0.15) is 11.5 Å². The first-order chi connectivity index (χ1) is 13.0. The number of aliphatic hydroxyl groups excluding tert-OH is 1. The minimum Gasteiger partial charge on any atom is -0.467 e. The highest BCUT2D eigenvalue weighted by atomic mass is 16.3. The Morgan fingerprint density at radius 2 is 2.07 bits per heavy atom. The van der Waals surface area contributed by atoms with Gasteiger partial charge < -0.3 is 20.2 Å². The van der Waals surface area contributed by atoms with Gasteiger partial charge in [0.05, 0.1) is 26.0 Å². The number of aliphatic hydroxyl groups is 1. The number of hydrogen-bond donors (Lipinski definition) is 3. The second-order valence-electron chi connectivity index (χ2n) is 5.99. The molecule has 2 aromatic rings. The van der Waals surface area contributed by atoms with E-state index >= 15 is 0 Å². The molecular formula is C19H19N3O5. The van der Waals surface area contributed by atoms with Crippen LogP contribution in [0.3, 0.4) is 0 Å². The summed E-state index contributed by atoms with van der Waals surface area (Å²) in [5.74, 6) is -0.555. The lowest BCUT2D eigenvalue weighted by Crippen LogP contribution is -2.34. The van der Waals surface area contributed by atoms with E-state index in [0.29, 0.717) is 17.0 Å². The topological polar surface area (TPSA) is 112 Å². The maximum atomic E-state index is 12.2. The summed E-state index contributed by atoms with van der Waals surface area (Å²) in [4.78, 5) is 37.2. The van der Waals surface area contributed by atoms with Crippen molar-refractivity contribution in [3.63, 3.8) is 0 Å². The number of carbonyl (C=O) groups excluding carboxylic acids is 3. The fourth-order valence-electron chi connectivity index (χ4n) is 2.68. The Balaban J connectivity index is 1.66. The van der Waals surface area contributed by atoms with Crippen LogP contribution < -0.4 is 10.6 Å². The summed E-state index contributed by atoms with van der Waals surface area (Å²) in [5.41, 5.74) is 1.94. The van der Waals surface area contributed by atoms with Crippen LogP contribution in [0.4, 0.5) is 5.69 Å². The molecule has 0 atom stereocenters. The Morgan fingerprint density at radius 1 is 1.26 bits per heavy atom. The number of imide groups is 1. The highest BCUT2D eigenvalue weighted by Gasteiger charge is 2.30. The smallest absolute Gasteiger partial charge is 0.277 e. The Bertz CT molecular complexity index is 902. The summed E-state index contributed by atoms with van der Waals surface area (Å²) < 4.78 is 5.17. The van der Waals surface area contributed by atoms with E-state index in [1.807, 2.05) is 0 Å². The Labute approximate surface area is 155 Å². The number of amides is 3. The largest absolute Gasteiger partial charge is 0.467 e. The molecule has 1 aromatic heterocycles. The number of furan rings is 1. The number of hydrogen-bond acceptors (Lipinski definition) is 6. The van der Waals surface area contributed by atoms with Crippen LogP contribution in [0.25, 0.3) is 0 Å². The van der Waals surface area contributed by atoms with Crippen molar-refractivity contribution in [1.82, 2.24) is 10.2 Å². The molecule has 0 radical (unpaired) electrons. The van der Waals surface area contributed by atoms with Crippen LogP contribution in [-0.4, -0.2) is 40.9 Å². The van der Waals surface area contributed by atoms with Crippen molar-refractivity contribution < 1.29 is 23.9 Å². The first kappa shape index (κ1) is 18.4. The summed E-state index contributed by atoms with van der Waals surface area (Å²) in [5, 5.41) is 14.6. The second-order valence-corrected chi connectivity index (χ2v) is 5.99. The zero-order valence-electron chi connectivity index (χ0n) is 14.7. The van der Waals surface area contributed by atoms with Gasteiger partial charge in [-0.25, -0.2) is 0 Å². The zero-order valence-corrected chi connectivity index (χ0v) is 14.7. The van der Waals surface area contributed by atoms with Crippen molar-refractivity contribution in [3.05, 3.63) is 65.3 Å². The third kappa shape index (κ3) is 4.06. The average Bonchev–Trinajstić information content (AvgIpc) is 3.25. The van der Waals surface area contributed by atoms with Crippen LogP contribution in [0.5, 0.6) is 0 Å². The Kier molecular flexibility index (Phi) is 5.37. The molecule has 8 nitrogen and oxygen atoms in total. The van der Waals surface area contributed by atoms with Gasteiger partial charge in [-0.05, 0) is 42.8 Å². The minimum atomic E-state index is -0.492. The monoisotopic (exact) mass is 369 g/mol. The van der Waals surface area contributed by atoms with Crippen molar-refractivity contribution in [2.24, 2.45) is 0 Å². The molecule has 0 saturated heterocycles. The molecular weight excluding hydrogens is 350 g/mol. The molecule has 0 fully saturated rings. The van der Waals surface area contributed by atoms with Gasteiger partial charge in [0.25, 0.3) is 17.7 Å². The third-order valence-electron chi connectivity index (χ3n) is 4.09. The van der Waals surface area contributed by atoms with Crippen LogP contribution in [0.15, 0.2) is 52.8 Å². The molecule has 0 saturated carbocycles. The summed E-state index contributed by atoms with van der Waals surface area (Å²) >= 11 is 0. The van der Waals surface area contributed by atoms with Crippen molar-refractivity contribution >= 4 is 23.4 Å². The SMILES string of the molecule is Cc1cc(C(=O)NCc2ccco2)ccc1NC1=CC(=O)N(CCO)C1=O. The molecule has 3 rings (SSSR count). The number of nitrogens with one attached hydrogen (secondary N) is 2. The van der Waals surface area contributed by atoms with E-state index in [-0.39, 0.29) is 31.3 Å². The highest BCUT2D eigenvalue weighted by molar-refractivity contribution is 6.17. The molecule has 1 aliphatic rings. The summed E-state index contributed by atoms with van der Waals surface area (Å²) in [6.45, 7) is 1.74. The number of carbonyl (C=O) groups is 3. The second kappa shape index (κ2) is 7.88. The van der Waals surface area contributed by atoms with E-state index in [2.05, 4.69) is 10.6 Å². The first-order valence-corrected chi connectivity index (χ1v) is 8.36. The molecule has 0 aliphatic carbocycles. The van der Waals surface area contributed by atoms with Crippen molar-refractivity contribution in [3.8, 4) is 0 Å². The lowest BCUT2D eigenvalue weighted by Gasteiger charge is -2.14. The van der Waals surface area contributed by atoms with E-state index in [1.165, 1.54) is 12.3 Å². The van der Waals surface area contributed by atoms with Crippen LogP contribution in [-0.2, 0) is 16.1 Å². The first-order valence-electron chi connectivity index (χ1n) is 8.36. The van der Waals surface area contributed by atoms with E-state index in [9.17, 15) is 14.4 Å². The van der Waals surface area contributed by atoms with Gasteiger partial charge >= 0.3 is 0 Å². The Morgan fingerprint density at radius 3 is 2.74 bits per heavy atom. The molecule has 0 unspecified atom stereocenters. The van der Waals surface area contributed by atoms with Gasteiger partial charge in [-0.3, -0.25) is 19.3 Å². The lowest BCUT2D eigenvalue weighted by molar-refractivity contribution is -0.137. The van der Waals surface area contributed by atoms with Crippen LogP contribution in [0.2, 0.25) is 0 Å². The normalized spacial score (nSPS) is 13.7. The predicted molar refractivity (Wildman–Crippen MR) is 96.6 cm³/mol. The Hall–Kier alpha value is -3.39. The molecule has 0 bridgehead atoms. The number of benzene rings is 1. The molecule has 1 aromatic carbocycles. The van der Waals surface area contributed by atoms with Gasteiger partial charge in [0.15, 0.2) is 0 Å². The van der Waals surface area contributed by atoms with Crippen molar-refractivity contribution in [2.75, 3.05) is 18.5 Å². The fourth-order valence-corrected chi connectivity index (χ4v) is 2.68. The number of aryl methyl sites for hydroxylation is 1. The molecule has 3 N–H and O–H groups in total. The molecule has 3 amide bonds. The van der Waals surface area contributed by atoms with Crippen LogP contribution in [0.1, 0.15) is 21.7 Å². The molecule has 2 heterocycles. The van der Waals surface area contributed by atoms with Gasteiger partial charge in [-0.1, -0.05) is 0 Å². The average molecular weight is 369 g/mol. The molecule has 0 spiro atoms. The summed E-state index contributed by atoms with van der Waals surface area (Å²) in [6.07, 6.45) is 2.74. The number of nitrogens with zero attached hydrogens (tertiary/aromatic N) is 1. The van der Waals surface area contributed by atoms with Crippen LogP contribution >= 0.6 is 0 Å². The van der Waals surface area contributed by atoms with E-state index in [4.69, 9.17) is 9.52 Å². The third-order valence-corrected chi connectivity index (χ3v) is 4.09. The quantitative estimate of drug-likeness (QED) is 0.632. The van der Waals surface area contributed by atoms with E-state index in [1.54, 1.807) is 37.3 Å². The maximum absolute atomic E-state index is 12.2. The molecule has 1 aliphatic heterocycles. The van der Waals surface area contributed by atoms with Crippen molar-refractivity contribution in [1.29, 1.82) is 0 Å². The zero-order chi connectivity index (χ0) is 19.4. The lowest BCUT2D eigenvalue weighted by atomic mass is 10.1. The van der Waals surface area contributed by atoms with Gasteiger partial charge in [-0.15, -0.1) is 0 Å². The van der Waals surface area contributed by atoms with E-state index < -0.39 is 11.8 Å². The summed E-state index contributed by atoms with van der Waals surface area (Å²) in [6, 6.07) is 8.50. The number of rotatable bonds is 7.